The molecule has 0 aliphatic carbocycles. The Hall–Kier alpha value is -3.49. The van der Waals surface area contributed by atoms with E-state index < -0.39 is 6.04 Å². The minimum atomic E-state index is -0.561. The van der Waals surface area contributed by atoms with Gasteiger partial charge in [0.25, 0.3) is 0 Å². The number of nitrogens with zero attached hydrogens (tertiary/aromatic N) is 4. The van der Waals surface area contributed by atoms with E-state index in [1.54, 1.807) is 30.5 Å². The number of anilines is 3. The Morgan fingerprint density at radius 3 is 2.54 bits per heavy atom. The van der Waals surface area contributed by atoms with E-state index in [9.17, 15) is 5.26 Å². The van der Waals surface area contributed by atoms with E-state index in [4.69, 9.17) is 28.3 Å². The van der Waals surface area contributed by atoms with Crippen LogP contribution in [0.15, 0.2) is 29.3 Å². The molecule has 0 spiro atoms. The van der Waals surface area contributed by atoms with Crippen molar-refractivity contribution in [2.45, 2.75) is 6.04 Å². The Morgan fingerprint density at radius 1 is 1.21 bits per heavy atom. The van der Waals surface area contributed by atoms with Gasteiger partial charge < -0.3 is 16.8 Å². The standard InChI is InChI=1S/C15H11ClN8/c16-8-3-1-7(2-4-8)12-10-11(19)9(5-17)13(20)23-14(10)24-15(22-12)21-6-18/h1-4,12H,(H6,19,20,21,22,23,24). The number of nitrogens with two attached hydrogens (primary N) is 2. The second kappa shape index (κ2) is 5.95. The predicted molar refractivity (Wildman–Crippen MR) is 90.9 cm³/mol. The minimum absolute atomic E-state index is 0.00862. The fourth-order valence-electron chi connectivity index (χ4n) is 2.47. The van der Waals surface area contributed by atoms with Crippen LogP contribution >= 0.6 is 11.6 Å². The molecule has 1 unspecified atom stereocenters. The third kappa shape index (κ3) is 2.51. The molecule has 24 heavy (non-hydrogen) atoms. The first-order valence-corrected chi connectivity index (χ1v) is 7.17. The number of halogens is 1. The van der Waals surface area contributed by atoms with E-state index in [2.05, 4.69) is 20.6 Å². The number of pyridine rings is 1. The molecule has 2 aromatic rings. The predicted octanol–water partition coefficient (Wildman–Crippen LogP) is 1.71. The van der Waals surface area contributed by atoms with E-state index in [0.717, 1.165) is 5.56 Å². The molecule has 6 N–H and O–H groups in total. The Labute approximate surface area is 142 Å². The molecule has 0 saturated heterocycles. The van der Waals surface area contributed by atoms with Gasteiger partial charge in [0.05, 0.1) is 5.69 Å². The molecule has 1 aromatic heterocycles. The van der Waals surface area contributed by atoms with Gasteiger partial charge in [0, 0.05) is 10.6 Å². The van der Waals surface area contributed by atoms with Crippen molar-refractivity contribution >= 4 is 34.9 Å². The molecule has 8 nitrogen and oxygen atoms in total. The Bertz CT molecular complexity index is 920. The van der Waals surface area contributed by atoms with Crippen LogP contribution in [0.5, 0.6) is 0 Å². The van der Waals surface area contributed by atoms with E-state index >= 15 is 0 Å². The average Bonchev–Trinajstić information content (AvgIpc) is 2.55. The molecule has 0 bridgehead atoms. The monoisotopic (exact) mass is 338 g/mol. The van der Waals surface area contributed by atoms with Gasteiger partial charge in [-0.1, -0.05) is 23.7 Å². The molecule has 3 rings (SSSR count). The number of hydrogen-bond donors (Lipinski definition) is 4. The summed E-state index contributed by atoms with van der Waals surface area (Å²) in [5.41, 5.74) is 13.5. The highest BCUT2D eigenvalue weighted by atomic mass is 35.5. The number of guanidine groups is 1. The van der Waals surface area contributed by atoms with Gasteiger partial charge in [0.1, 0.15) is 29.3 Å². The molecule has 9 heteroatoms. The summed E-state index contributed by atoms with van der Waals surface area (Å²) in [7, 11) is 0. The van der Waals surface area contributed by atoms with Crippen LogP contribution in [0.25, 0.3) is 0 Å². The number of nitrogen functional groups attached to an aromatic ring is 2. The zero-order valence-electron chi connectivity index (χ0n) is 12.2. The van der Waals surface area contributed by atoms with E-state index in [0.29, 0.717) is 16.4 Å². The van der Waals surface area contributed by atoms with Crippen LogP contribution in [0.2, 0.25) is 5.02 Å². The molecule has 118 valence electrons. The minimum Gasteiger partial charge on any atom is -0.397 e. The van der Waals surface area contributed by atoms with Crippen molar-refractivity contribution in [2.75, 3.05) is 16.8 Å². The smallest absolute Gasteiger partial charge is 0.211 e. The summed E-state index contributed by atoms with van der Waals surface area (Å²) in [5, 5.41) is 24.0. The first-order chi connectivity index (χ1) is 11.5. The summed E-state index contributed by atoms with van der Waals surface area (Å²) in [4.78, 5) is 8.62. The number of aromatic nitrogens is 1. The van der Waals surface area contributed by atoms with Crippen LogP contribution in [0.3, 0.4) is 0 Å². The summed E-state index contributed by atoms with van der Waals surface area (Å²) in [6.07, 6.45) is 1.79. The van der Waals surface area contributed by atoms with Crippen LogP contribution in [0, 0.1) is 22.8 Å². The molecular weight excluding hydrogens is 328 g/mol. The van der Waals surface area contributed by atoms with Gasteiger partial charge in [-0.15, -0.1) is 0 Å². The Morgan fingerprint density at radius 2 is 1.92 bits per heavy atom. The summed E-state index contributed by atoms with van der Waals surface area (Å²) >= 11 is 5.93. The second-order valence-corrected chi connectivity index (χ2v) is 5.39. The normalized spacial score (nSPS) is 15.3. The van der Waals surface area contributed by atoms with Crippen molar-refractivity contribution in [2.24, 2.45) is 4.99 Å². The molecule has 0 fully saturated rings. The summed E-state index contributed by atoms with van der Waals surface area (Å²) in [6.45, 7) is 0. The number of benzene rings is 1. The fraction of sp³-hybridized carbons (Fsp3) is 0.0667. The van der Waals surface area contributed by atoms with Crippen molar-refractivity contribution < 1.29 is 0 Å². The zero-order chi connectivity index (χ0) is 17.3. The van der Waals surface area contributed by atoms with Gasteiger partial charge >= 0.3 is 0 Å². The quantitative estimate of drug-likeness (QED) is 0.456. The van der Waals surface area contributed by atoms with Crippen LogP contribution in [0.1, 0.15) is 22.7 Å². The van der Waals surface area contributed by atoms with E-state index in [1.165, 1.54) is 0 Å². The molecule has 1 aromatic carbocycles. The number of aliphatic imine (C=N–C) groups is 1. The third-order valence-corrected chi connectivity index (χ3v) is 3.80. The van der Waals surface area contributed by atoms with E-state index in [1.807, 2.05) is 6.07 Å². The highest BCUT2D eigenvalue weighted by Crippen LogP contribution is 2.40. The molecule has 0 saturated carbocycles. The Kier molecular flexibility index (Phi) is 3.82. The third-order valence-electron chi connectivity index (χ3n) is 3.54. The summed E-state index contributed by atoms with van der Waals surface area (Å²) < 4.78 is 0. The van der Waals surface area contributed by atoms with Gasteiger partial charge in [-0.2, -0.15) is 10.5 Å². The molecule has 0 radical (unpaired) electrons. The maximum absolute atomic E-state index is 9.25. The van der Waals surface area contributed by atoms with Crippen LogP contribution in [0.4, 0.5) is 17.3 Å². The molecule has 2 heterocycles. The summed E-state index contributed by atoms with van der Waals surface area (Å²) in [5.74, 6) is 0.562. The van der Waals surface area contributed by atoms with Crippen molar-refractivity contribution in [3.05, 3.63) is 46.0 Å². The second-order valence-electron chi connectivity index (χ2n) is 4.95. The average molecular weight is 339 g/mol. The van der Waals surface area contributed by atoms with Gasteiger partial charge in [-0.3, -0.25) is 5.32 Å². The van der Waals surface area contributed by atoms with E-state index in [-0.39, 0.29) is 23.0 Å². The zero-order valence-corrected chi connectivity index (χ0v) is 13.0. The molecule has 1 aliphatic heterocycles. The van der Waals surface area contributed by atoms with Gasteiger partial charge in [-0.05, 0) is 17.7 Å². The number of nitriles is 2. The van der Waals surface area contributed by atoms with Crippen molar-refractivity contribution in [1.29, 1.82) is 10.5 Å². The molecule has 1 aliphatic rings. The highest BCUT2D eigenvalue weighted by Gasteiger charge is 2.29. The maximum atomic E-state index is 9.25. The number of hydrogen-bond acceptors (Lipinski definition) is 8. The fourth-order valence-corrected chi connectivity index (χ4v) is 2.59. The first kappa shape index (κ1) is 15.4. The lowest BCUT2D eigenvalue weighted by molar-refractivity contribution is 0.847. The Balaban J connectivity index is 2.23. The lowest BCUT2D eigenvalue weighted by Gasteiger charge is -2.26. The van der Waals surface area contributed by atoms with Crippen LogP contribution in [-0.2, 0) is 0 Å². The number of fused-ring (bicyclic) bond motifs is 1. The molecule has 0 amide bonds. The van der Waals surface area contributed by atoms with Gasteiger partial charge in [0.15, 0.2) is 6.19 Å². The summed E-state index contributed by atoms with van der Waals surface area (Å²) in [6, 6.07) is 8.41. The molecular formula is C15H11ClN8. The number of rotatable bonds is 1. The topological polar surface area (TPSA) is 149 Å². The van der Waals surface area contributed by atoms with Gasteiger partial charge in [-0.25, -0.2) is 9.98 Å². The van der Waals surface area contributed by atoms with Crippen LogP contribution in [-0.4, -0.2) is 10.9 Å². The van der Waals surface area contributed by atoms with Crippen molar-refractivity contribution in [3.8, 4) is 12.3 Å². The largest absolute Gasteiger partial charge is 0.397 e. The highest BCUT2D eigenvalue weighted by molar-refractivity contribution is 6.30. The first-order valence-electron chi connectivity index (χ1n) is 6.79. The van der Waals surface area contributed by atoms with Gasteiger partial charge in [0.2, 0.25) is 5.96 Å². The maximum Gasteiger partial charge on any atom is 0.211 e. The molecule has 1 atom stereocenters. The van der Waals surface area contributed by atoms with Crippen molar-refractivity contribution in [1.82, 2.24) is 10.3 Å². The lowest BCUT2D eigenvalue weighted by atomic mass is 9.95. The van der Waals surface area contributed by atoms with Crippen LogP contribution < -0.4 is 22.1 Å². The van der Waals surface area contributed by atoms with Crippen molar-refractivity contribution in [3.63, 3.8) is 0 Å². The SMILES string of the molecule is N#CNC1=NC(c2ccc(Cl)cc2)c2c(nc(N)c(C#N)c2N)N1. The lowest BCUT2D eigenvalue weighted by Crippen LogP contribution is -2.32. The number of nitrogens with one attached hydrogen (secondary N) is 2.